The van der Waals surface area contributed by atoms with Gasteiger partial charge in [0.2, 0.25) is 0 Å². The molecular formula is C17H19BrFNO. The van der Waals surface area contributed by atoms with Crippen LogP contribution in [0.4, 0.5) is 4.39 Å². The summed E-state index contributed by atoms with van der Waals surface area (Å²) < 4.78 is 19.5. The molecule has 0 atom stereocenters. The van der Waals surface area contributed by atoms with Crippen LogP contribution in [0.15, 0.2) is 46.9 Å². The summed E-state index contributed by atoms with van der Waals surface area (Å²) in [6.07, 6.45) is 0. The van der Waals surface area contributed by atoms with Crippen LogP contribution in [0, 0.1) is 5.82 Å². The molecule has 1 N–H and O–H groups in total. The first-order chi connectivity index (χ1) is 10.0. The smallest absolute Gasteiger partial charge is 0.134 e. The molecule has 0 amide bonds. The van der Waals surface area contributed by atoms with Crippen LogP contribution in [0.5, 0.6) is 5.75 Å². The molecule has 2 nitrogen and oxygen atoms in total. The molecule has 0 radical (unpaired) electrons. The highest BCUT2D eigenvalue weighted by molar-refractivity contribution is 9.10. The molecule has 0 heterocycles. The summed E-state index contributed by atoms with van der Waals surface area (Å²) in [5, 5.41) is 3.37. The van der Waals surface area contributed by atoms with E-state index in [4.69, 9.17) is 4.74 Å². The van der Waals surface area contributed by atoms with Crippen molar-refractivity contribution in [1.29, 1.82) is 0 Å². The lowest BCUT2D eigenvalue weighted by molar-refractivity contribution is 0.304. The van der Waals surface area contributed by atoms with E-state index < -0.39 is 0 Å². The fourth-order valence-electron chi connectivity index (χ4n) is 1.84. The second kappa shape index (κ2) is 7.57. The highest BCUT2D eigenvalue weighted by atomic mass is 79.9. The summed E-state index contributed by atoms with van der Waals surface area (Å²) in [6, 6.07) is 12.8. The van der Waals surface area contributed by atoms with Crippen LogP contribution >= 0.6 is 15.9 Å². The van der Waals surface area contributed by atoms with Gasteiger partial charge in [-0.15, -0.1) is 0 Å². The molecule has 2 aromatic rings. The Hall–Kier alpha value is -1.39. The minimum Gasteiger partial charge on any atom is -0.488 e. The molecule has 0 aromatic heterocycles. The summed E-state index contributed by atoms with van der Waals surface area (Å²) in [6.45, 7) is 5.49. The van der Waals surface area contributed by atoms with Gasteiger partial charge >= 0.3 is 0 Å². The Morgan fingerprint density at radius 3 is 2.38 bits per heavy atom. The average molecular weight is 352 g/mol. The van der Waals surface area contributed by atoms with Gasteiger partial charge in [0.1, 0.15) is 18.2 Å². The van der Waals surface area contributed by atoms with Crippen LogP contribution in [0.25, 0.3) is 0 Å². The van der Waals surface area contributed by atoms with E-state index in [1.807, 2.05) is 12.1 Å². The van der Waals surface area contributed by atoms with Crippen molar-refractivity contribution in [2.24, 2.45) is 0 Å². The van der Waals surface area contributed by atoms with Crippen molar-refractivity contribution in [1.82, 2.24) is 5.32 Å². The van der Waals surface area contributed by atoms with Gasteiger partial charge in [-0.25, -0.2) is 4.39 Å². The zero-order valence-corrected chi connectivity index (χ0v) is 13.8. The molecule has 0 aliphatic rings. The molecule has 0 bridgehead atoms. The highest BCUT2D eigenvalue weighted by Gasteiger charge is 2.04. The lowest BCUT2D eigenvalue weighted by Crippen LogP contribution is -2.21. The van der Waals surface area contributed by atoms with Crippen molar-refractivity contribution in [2.45, 2.75) is 33.0 Å². The van der Waals surface area contributed by atoms with Gasteiger partial charge in [0.15, 0.2) is 0 Å². The minimum absolute atomic E-state index is 0.234. The SMILES string of the molecule is CC(C)NCc1ccc(OCc2ccc(F)cc2)c(Br)c1. The van der Waals surface area contributed by atoms with E-state index in [2.05, 4.69) is 41.2 Å². The highest BCUT2D eigenvalue weighted by Crippen LogP contribution is 2.27. The molecular weight excluding hydrogens is 333 g/mol. The minimum atomic E-state index is -0.234. The molecule has 0 saturated heterocycles. The van der Waals surface area contributed by atoms with Crippen LogP contribution in [0.2, 0.25) is 0 Å². The average Bonchev–Trinajstić information content (AvgIpc) is 2.46. The molecule has 0 spiro atoms. The van der Waals surface area contributed by atoms with Crippen molar-refractivity contribution >= 4 is 15.9 Å². The van der Waals surface area contributed by atoms with Gasteiger partial charge in [-0.1, -0.05) is 32.0 Å². The Morgan fingerprint density at radius 1 is 1.10 bits per heavy atom. The van der Waals surface area contributed by atoms with E-state index >= 15 is 0 Å². The zero-order valence-electron chi connectivity index (χ0n) is 12.2. The maximum Gasteiger partial charge on any atom is 0.134 e. The third-order valence-electron chi connectivity index (χ3n) is 3.02. The lowest BCUT2D eigenvalue weighted by atomic mass is 10.2. The summed E-state index contributed by atoms with van der Waals surface area (Å²) in [7, 11) is 0. The van der Waals surface area contributed by atoms with E-state index in [-0.39, 0.29) is 5.82 Å². The normalized spacial score (nSPS) is 10.9. The van der Waals surface area contributed by atoms with E-state index in [1.54, 1.807) is 12.1 Å². The number of hydrogen-bond acceptors (Lipinski definition) is 2. The van der Waals surface area contributed by atoms with E-state index in [9.17, 15) is 4.39 Å². The van der Waals surface area contributed by atoms with Crippen LogP contribution in [-0.2, 0) is 13.2 Å². The molecule has 0 saturated carbocycles. The second-order valence-electron chi connectivity index (χ2n) is 5.22. The summed E-state index contributed by atoms with van der Waals surface area (Å²) in [5.74, 6) is 0.551. The van der Waals surface area contributed by atoms with Crippen molar-refractivity contribution in [2.75, 3.05) is 0 Å². The fourth-order valence-corrected chi connectivity index (χ4v) is 2.38. The number of ether oxygens (including phenoxy) is 1. The van der Waals surface area contributed by atoms with Crippen molar-refractivity contribution in [3.05, 3.63) is 63.9 Å². The molecule has 112 valence electrons. The van der Waals surface area contributed by atoms with Gasteiger partial charge in [0.05, 0.1) is 4.47 Å². The molecule has 21 heavy (non-hydrogen) atoms. The Kier molecular flexibility index (Phi) is 5.76. The predicted molar refractivity (Wildman–Crippen MR) is 86.8 cm³/mol. The van der Waals surface area contributed by atoms with Crippen molar-refractivity contribution in [3.8, 4) is 5.75 Å². The fraction of sp³-hybridized carbons (Fsp3) is 0.294. The third kappa shape index (κ3) is 5.14. The predicted octanol–water partition coefficient (Wildman–Crippen LogP) is 4.67. The van der Waals surface area contributed by atoms with E-state index in [0.717, 1.165) is 22.3 Å². The standard InChI is InChI=1S/C17H19BrFNO/c1-12(2)20-10-14-5-8-17(16(18)9-14)21-11-13-3-6-15(19)7-4-13/h3-9,12,20H,10-11H2,1-2H3. The van der Waals surface area contributed by atoms with E-state index in [0.29, 0.717) is 12.6 Å². The van der Waals surface area contributed by atoms with Gasteiger partial charge in [0, 0.05) is 12.6 Å². The summed E-state index contributed by atoms with van der Waals surface area (Å²) in [4.78, 5) is 0. The Balaban J connectivity index is 1.95. The number of hydrogen-bond donors (Lipinski definition) is 1. The Morgan fingerprint density at radius 2 is 1.76 bits per heavy atom. The van der Waals surface area contributed by atoms with Gasteiger partial charge in [-0.2, -0.15) is 0 Å². The number of rotatable bonds is 6. The monoisotopic (exact) mass is 351 g/mol. The molecule has 0 aliphatic heterocycles. The second-order valence-corrected chi connectivity index (χ2v) is 6.07. The van der Waals surface area contributed by atoms with Crippen LogP contribution in [-0.4, -0.2) is 6.04 Å². The van der Waals surface area contributed by atoms with Crippen molar-refractivity contribution < 1.29 is 9.13 Å². The molecule has 2 rings (SSSR count). The first kappa shape index (κ1) is 16.0. The number of halogens is 2. The van der Waals surface area contributed by atoms with Gasteiger partial charge in [-0.05, 0) is 51.3 Å². The molecule has 4 heteroatoms. The zero-order chi connectivity index (χ0) is 15.2. The van der Waals surface area contributed by atoms with Crippen LogP contribution < -0.4 is 10.1 Å². The maximum absolute atomic E-state index is 12.8. The van der Waals surface area contributed by atoms with Crippen molar-refractivity contribution in [3.63, 3.8) is 0 Å². The largest absolute Gasteiger partial charge is 0.488 e. The molecule has 0 fully saturated rings. The quantitative estimate of drug-likeness (QED) is 0.816. The number of nitrogens with one attached hydrogen (secondary N) is 1. The summed E-state index contributed by atoms with van der Waals surface area (Å²) >= 11 is 3.53. The maximum atomic E-state index is 12.8. The first-order valence-corrected chi connectivity index (χ1v) is 7.73. The topological polar surface area (TPSA) is 21.3 Å². The third-order valence-corrected chi connectivity index (χ3v) is 3.64. The van der Waals surface area contributed by atoms with Gasteiger partial charge in [-0.3, -0.25) is 0 Å². The number of benzene rings is 2. The van der Waals surface area contributed by atoms with Crippen LogP contribution in [0.3, 0.4) is 0 Å². The van der Waals surface area contributed by atoms with Crippen LogP contribution in [0.1, 0.15) is 25.0 Å². The lowest BCUT2D eigenvalue weighted by Gasteiger charge is -2.12. The molecule has 0 aliphatic carbocycles. The Labute approximate surface area is 133 Å². The van der Waals surface area contributed by atoms with Gasteiger partial charge < -0.3 is 10.1 Å². The molecule has 2 aromatic carbocycles. The summed E-state index contributed by atoms with van der Waals surface area (Å²) in [5.41, 5.74) is 2.14. The van der Waals surface area contributed by atoms with Gasteiger partial charge in [0.25, 0.3) is 0 Å². The first-order valence-electron chi connectivity index (χ1n) is 6.93. The van der Waals surface area contributed by atoms with E-state index in [1.165, 1.54) is 17.7 Å². The Bertz CT molecular complexity index is 584. The molecule has 0 unspecified atom stereocenters.